The van der Waals surface area contributed by atoms with E-state index in [-0.39, 0.29) is 12.0 Å². The minimum atomic E-state index is -0.0769. The number of likely N-dealkylation sites (tertiary alicyclic amines) is 1. The topological polar surface area (TPSA) is 64.8 Å². The van der Waals surface area contributed by atoms with Crippen molar-refractivity contribution >= 4 is 5.91 Å². The highest BCUT2D eigenvalue weighted by atomic mass is 16.5. The van der Waals surface area contributed by atoms with Gasteiger partial charge in [0, 0.05) is 25.9 Å². The molecule has 2 heterocycles. The van der Waals surface area contributed by atoms with Crippen LogP contribution in [0, 0.1) is 6.92 Å². The number of amides is 1. The number of carbonyl (C=O) groups excluding carboxylic acids is 1. The predicted octanol–water partition coefficient (Wildman–Crippen LogP) is 2.68. The summed E-state index contributed by atoms with van der Waals surface area (Å²) in [7, 11) is 1.63. The molecule has 0 radical (unpaired) electrons. The number of aryl methyl sites for hydroxylation is 1. The van der Waals surface area contributed by atoms with Gasteiger partial charge in [-0.3, -0.25) is 4.79 Å². The van der Waals surface area contributed by atoms with Crippen LogP contribution in [0.2, 0.25) is 0 Å². The Bertz CT molecular complexity index is 675. The number of oxazole rings is 1. The van der Waals surface area contributed by atoms with Crippen LogP contribution in [0.4, 0.5) is 0 Å². The summed E-state index contributed by atoms with van der Waals surface area (Å²) >= 11 is 0. The lowest BCUT2D eigenvalue weighted by atomic mass is 10.1. The fourth-order valence-electron chi connectivity index (χ4n) is 2.73. The molecule has 0 unspecified atom stereocenters. The van der Waals surface area contributed by atoms with Crippen molar-refractivity contribution in [2.45, 2.75) is 25.9 Å². The molecule has 1 amide bonds. The van der Waals surface area contributed by atoms with E-state index in [1.54, 1.807) is 18.9 Å². The number of para-hydroxylation sites is 2. The summed E-state index contributed by atoms with van der Waals surface area (Å²) in [5.41, 5.74) is 0.397. The smallest absolute Gasteiger partial charge is 0.276 e. The largest absolute Gasteiger partial charge is 0.493 e. The molecule has 23 heavy (non-hydrogen) atoms. The highest BCUT2D eigenvalue weighted by Gasteiger charge is 2.27. The fourth-order valence-corrected chi connectivity index (χ4v) is 2.73. The van der Waals surface area contributed by atoms with E-state index < -0.39 is 0 Å². The summed E-state index contributed by atoms with van der Waals surface area (Å²) in [5, 5.41) is 0. The van der Waals surface area contributed by atoms with E-state index in [4.69, 9.17) is 13.9 Å². The van der Waals surface area contributed by atoms with Crippen LogP contribution in [0.15, 0.2) is 35.1 Å². The van der Waals surface area contributed by atoms with Crippen LogP contribution in [0.3, 0.4) is 0 Å². The summed E-state index contributed by atoms with van der Waals surface area (Å²) in [4.78, 5) is 18.2. The number of methoxy groups -OCH3 is 1. The first-order chi connectivity index (χ1) is 11.2. The minimum Gasteiger partial charge on any atom is -0.493 e. The summed E-state index contributed by atoms with van der Waals surface area (Å²) in [6.45, 7) is 3.04. The van der Waals surface area contributed by atoms with Gasteiger partial charge in [0.05, 0.1) is 7.11 Å². The Hall–Kier alpha value is -2.50. The molecule has 0 saturated carbocycles. The number of hydrogen-bond donors (Lipinski definition) is 0. The lowest BCUT2D eigenvalue weighted by molar-refractivity contribution is 0.0584. The Morgan fingerprint density at radius 2 is 1.96 bits per heavy atom. The van der Waals surface area contributed by atoms with E-state index in [0.717, 1.165) is 24.3 Å². The molecule has 0 bridgehead atoms. The number of carbonyl (C=O) groups is 1. The van der Waals surface area contributed by atoms with Gasteiger partial charge >= 0.3 is 0 Å². The number of ether oxygens (including phenoxy) is 2. The summed E-state index contributed by atoms with van der Waals surface area (Å²) in [5.74, 6) is 1.95. The number of rotatable bonds is 4. The zero-order chi connectivity index (χ0) is 16.2. The summed E-state index contributed by atoms with van der Waals surface area (Å²) < 4.78 is 16.4. The molecule has 0 aliphatic carbocycles. The highest BCUT2D eigenvalue weighted by molar-refractivity contribution is 5.93. The second-order valence-corrected chi connectivity index (χ2v) is 5.52. The maximum atomic E-state index is 12.4. The van der Waals surface area contributed by atoms with Crippen molar-refractivity contribution in [1.82, 2.24) is 9.88 Å². The van der Waals surface area contributed by atoms with Crippen molar-refractivity contribution in [3.63, 3.8) is 0 Å². The standard InChI is InChI=1S/C17H20N2O4/c1-12-16(18-11-22-12)17(20)19-9-7-13(8-10-19)23-15-6-4-3-5-14(15)21-2/h3-6,11,13H,7-10H2,1-2H3. The lowest BCUT2D eigenvalue weighted by Gasteiger charge is -2.32. The van der Waals surface area contributed by atoms with Gasteiger partial charge in [-0.2, -0.15) is 0 Å². The molecule has 0 atom stereocenters. The first kappa shape index (κ1) is 15.4. The van der Waals surface area contributed by atoms with E-state index in [1.807, 2.05) is 24.3 Å². The second-order valence-electron chi connectivity index (χ2n) is 5.52. The van der Waals surface area contributed by atoms with Crippen molar-refractivity contribution < 1.29 is 18.7 Å². The number of piperidine rings is 1. The van der Waals surface area contributed by atoms with E-state index in [9.17, 15) is 4.79 Å². The van der Waals surface area contributed by atoms with Gasteiger partial charge in [0.1, 0.15) is 11.9 Å². The Morgan fingerprint density at radius 3 is 2.57 bits per heavy atom. The molecule has 1 fully saturated rings. The SMILES string of the molecule is COc1ccccc1OC1CCN(C(=O)c2ncoc2C)CC1. The Balaban J connectivity index is 1.58. The van der Waals surface area contributed by atoms with Gasteiger partial charge in [0.25, 0.3) is 5.91 Å². The number of benzene rings is 1. The monoisotopic (exact) mass is 316 g/mol. The predicted molar refractivity (Wildman–Crippen MR) is 83.8 cm³/mol. The molecule has 3 rings (SSSR count). The van der Waals surface area contributed by atoms with Gasteiger partial charge in [-0.1, -0.05) is 12.1 Å². The van der Waals surface area contributed by atoms with Gasteiger partial charge in [0.2, 0.25) is 0 Å². The summed E-state index contributed by atoms with van der Waals surface area (Å²) in [6.07, 6.45) is 2.94. The maximum Gasteiger partial charge on any atom is 0.276 e. The van der Waals surface area contributed by atoms with Crippen LogP contribution in [-0.2, 0) is 0 Å². The number of nitrogens with zero attached hydrogens (tertiary/aromatic N) is 2. The van der Waals surface area contributed by atoms with Crippen LogP contribution < -0.4 is 9.47 Å². The van der Waals surface area contributed by atoms with Crippen LogP contribution in [-0.4, -0.2) is 42.1 Å². The van der Waals surface area contributed by atoms with Gasteiger partial charge < -0.3 is 18.8 Å². The average molecular weight is 316 g/mol. The molecule has 122 valence electrons. The third kappa shape index (κ3) is 3.31. The first-order valence-electron chi connectivity index (χ1n) is 7.68. The van der Waals surface area contributed by atoms with E-state index in [2.05, 4.69) is 4.98 Å². The quantitative estimate of drug-likeness (QED) is 0.867. The zero-order valence-electron chi connectivity index (χ0n) is 13.3. The molecule has 6 heteroatoms. The molecule has 2 aromatic rings. The third-order valence-corrected chi connectivity index (χ3v) is 4.04. The highest BCUT2D eigenvalue weighted by Crippen LogP contribution is 2.29. The molecule has 1 aromatic carbocycles. The van der Waals surface area contributed by atoms with E-state index >= 15 is 0 Å². The third-order valence-electron chi connectivity index (χ3n) is 4.04. The maximum absolute atomic E-state index is 12.4. The molecule has 1 saturated heterocycles. The minimum absolute atomic E-state index is 0.0769. The zero-order valence-corrected chi connectivity index (χ0v) is 13.3. The van der Waals surface area contributed by atoms with Crippen molar-refractivity contribution in [3.05, 3.63) is 42.1 Å². The molecule has 1 aliphatic rings. The van der Waals surface area contributed by atoms with Crippen LogP contribution in [0.1, 0.15) is 29.1 Å². The van der Waals surface area contributed by atoms with Gasteiger partial charge in [-0.05, 0) is 19.1 Å². The molecule has 1 aromatic heterocycles. The molecule has 1 aliphatic heterocycles. The average Bonchev–Trinajstić information content (AvgIpc) is 3.01. The number of hydrogen-bond acceptors (Lipinski definition) is 5. The number of aromatic nitrogens is 1. The normalized spacial score (nSPS) is 15.5. The van der Waals surface area contributed by atoms with Crippen LogP contribution in [0.25, 0.3) is 0 Å². The Kier molecular flexibility index (Phi) is 4.50. The van der Waals surface area contributed by atoms with E-state index in [1.165, 1.54) is 6.39 Å². The Morgan fingerprint density at radius 1 is 1.26 bits per heavy atom. The van der Waals surface area contributed by atoms with Crippen molar-refractivity contribution in [3.8, 4) is 11.5 Å². The molecular formula is C17H20N2O4. The molecular weight excluding hydrogens is 296 g/mol. The molecule has 0 N–H and O–H groups in total. The van der Waals surface area contributed by atoms with Gasteiger partial charge in [-0.15, -0.1) is 0 Å². The molecule has 0 spiro atoms. The fraction of sp³-hybridized carbons (Fsp3) is 0.412. The van der Waals surface area contributed by atoms with Crippen molar-refractivity contribution in [1.29, 1.82) is 0 Å². The van der Waals surface area contributed by atoms with Crippen molar-refractivity contribution in [2.75, 3.05) is 20.2 Å². The van der Waals surface area contributed by atoms with Crippen LogP contribution in [0.5, 0.6) is 11.5 Å². The molecule has 6 nitrogen and oxygen atoms in total. The van der Waals surface area contributed by atoms with E-state index in [0.29, 0.717) is 24.5 Å². The van der Waals surface area contributed by atoms with Crippen molar-refractivity contribution in [2.24, 2.45) is 0 Å². The second kappa shape index (κ2) is 6.73. The summed E-state index contributed by atoms with van der Waals surface area (Å²) in [6, 6.07) is 7.60. The van der Waals surface area contributed by atoms with Gasteiger partial charge in [0.15, 0.2) is 23.6 Å². The first-order valence-corrected chi connectivity index (χ1v) is 7.68. The Labute approximate surface area is 135 Å². The van der Waals surface area contributed by atoms with Crippen LogP contribution >= 0.6 is 0 Å². The lowest BCUT2D eigenvalue weighted by Crippen LogP contribution is -2.42. The van der Waals surface area contributed by atoms with Gasteiger partial charge in [-0.25, -0.2) is 4.98 Å².